The Balaban J connectivity index is 0.000000152. The van der Waals surface area contributed by atoms with E-state index in [2.05, 4.69) is 153 Å². The Kier molecular flexibility index (Phi) is 13.2. The van der Waals surface area contributed by atoms with E-state index in [1.807, 2.05) is 194 Å². The maximum atomic E-state index is 9.81. The van der Waals surface area contributed by atoms with Crippen LogP contribution in [0, 0.1) is 0 Å². The van der Waals surface area contributed by atoms with Crippen molar-refractivity contribution in [3.63, 3.8) is 0 Å². The molecule has 0 saturated heterocycles. The minimum Gasteiger partial charge on any atom is -0.309 e. The Hall–Kier alpha value is -15.1. The van der Waals surface area contributed by atoms with Gasteiger partial charge in [-0.1, -0.05) is 279 Å². The number of rotatable bonds is 12. The van der Waals surface area contributed by atoms with Crippen LogP contribution in [0.5, 0.6) is 0 Å². The van der Waals surface area contributed by atoms with Crippen LogP contribution in [0.15, 0.2) is 412 Å². The van der Waals surface area contributed by atoms with Crippen LogP contribution in [0.1, 0.15) is 16.4 Å². The highest BCUT2D eigenvalue weighted by molar-refractivity contribution is 6.15. The van der Waals surface area contributed by atoms with Gasteiger partial charge in [-0.3, -0.25) is 0 Å². The lowest BCUT2D eigenvalue weighted by Gasteiger charge is -2.12. The average Bonchev–Trinajstić information content (AvgIpc) is 1.53. The molecule has 0 bridgehead atoms. The number of fused-ring (bicyclic) bond motifs is 12. The lowest BCUT2D eigenvalue weighted by atomic mass is 10.0. The minimum absolute atomic E-state index is 0.0342. The van der Waals surface area contributed by atoms with Crippen molar-refractivity contribution in [3.8, 4) is 113 Å². The molecule has 16 aromatic carbocycles. The summed E-state index contributed by atoms with van der Waals surface area (Å²) in [5.74, 6) is 0.958. The molecule has 524 valence electrons. The molecule has 112 heavy (non-hydrogen) atoms. The molecule has 0 aliphatic rings. The van der Waals surface area contributed by atoms with E-state index in [9.17, 15) is 6.85 Å². The highest BCUT2D eigenvalue weighted by Crippen LogP contribution is 2.43. The van der Waals surface area contributed by atoms with Gasteiger partial charge in [0.2, 0.25) is 0 Å². The van der Waals surface area contributed by atoms with E-state index in [0.717, 1.165) is 105 Å². The molecule has 0 aliphatic heterocycles. The second-order valence-corrected chi connectivity index (χ2v) is 27.6. The van der Waals surface area contributed by atoms with E-state index < -0.39 is 30.2 Å². The lowest BCUT2D eigenvalue weighted by molar-refractivity contribution is 1.17. The Labute approximate surface area is 663 Å². The summed E-state index contributed by atoms with van der Waals surface area (Å²) < 4.78 is 115. The topological polar surface area (TPSA) is 71.3 Å². The molecule has 8 nitrogen and oxygen atoms in total. The summed E-state index contributed by atoms with van der Waals surface area (Å²) in [7, 11) is 0. The van der Waals surface area contributed by atoms with Crippen molar-refractivity contribution in [1.82, 2.24) is 38.2 Å². The third-order valence-electron chi connectivity index (χ3n) is 21.0. The number of hydrogen-bond acceptors (Lipinski definition) is 4. The molecule has 0 amide bonds. The van der Waals surface area contributed by atoms with E-state index in [0.29, 0.717) is 34.3 Å². The van der Waals surface area contributed by atoms with Crippen molar-refractivity contribution < 1.29 is 16.4 Å². The van der Waals surface area contributed by atoms with Crippen molar-refractivity contribution >= 4 is 87.2 Å². The normalized spacial score (nSPS) is 13.1. The molecule has 8 heteroatoms. The van der Waals surface area contributed by atoms with E-state index in [4.69, 9.17) is 29.5 Å². The van der Waals surface area contributed by atoms with Crippen LogP contribution in [0.4, 0.5) is 0 Å². The number of aromatic nitrogens is 8. The van der Waals surface area contributed by atoms with Gasteiger partial charge in [-0.05, 0) is 156 Å². The standard InChI is InChI=1S/2C52H34N4/c2*1-4-14-35(15-5-1)46-34-47(54-52(53-46)37-16-6-2-7-17-37)36-24-28-41(29-25-36)56-49-23-13-11-21-43(49)45-33-39(27-31-51(45)56)38-26-30-50-44(32-38)42-20-10-12-22-48(42)55(50)40-18-8-3-9-19-40/h2*1-34H/i11D,13D,21D,23D,27D,31D,33D;1D,4D,5D,14D,15D. The fraction of sp³-hybridized carbons (Fsp3) is 0. The molecular formula is C104H68N8. The molecule has 0 atom stereocenters. The van der Waals surface area contributed by atoms with Gasteiger partial charge in [-0.25, -0.2) is 19.9 Å². The fourth-order valence-corrected chi connectivity index (χ4v) is 15.8. The number of benzene rings is 16. The molecule has 0 unspecified atom stereocenters. The smallest absolute Gasteiger partial charge is 0.160 e. The summed E-state index contributed by atoms with van der Waals surface area (Å²) in [6.07, 6.45) is 0. The maximum Gasteiger partial charge on any atom is 0.160 e. The van der Waals surface area contributed by atoms with Gasteiger partial charge >= 0.3 is 0 Å². The summed E-state index contributed by atoms with van der Waals surface area (Å²) in [6, 6.07) is 110. The first-order valence-corrected chi connectivity index (χ1v) is 37.0. The Bertz CT molecular complexity index is 8020. The van der Waals surface area contributed by atoms with Gasteiger partial charge in [0.1, 0.15) is 0 Å². The van der Waals surface area contributed by atoms with Gasteiger partial charge in [0.25, 0.3) is 0 Å². The van der Waals surface area contributed by atoms with E-state index in [-0.39, 0.29) is 80.9 Å². The predicted octanol–water partition coefficient (Wildman–Crippen LogP) is 26.7. The molecule has 22 aromatic rings. The molecule has 6 aromatic heterocycles. The summed E-state index contributed by atoms with van der Waals surface area (Å²) in [4.78, 5) is 19.6. The van der Waals surface area contributed by atoms with Crippen LogP contribution in [-0.2, 0) is 0 Å². The van der Waals surface area contributed by atoms with Crippen molar-refractivity contribution in [3.05, 3.63) is 412 Å². The van der Waals surface area contributed by atoms with Gasteiger partial charge in [0.15, 0.2) is 11.6 Å². The van der Waals surface area contributed by atoms with Crippen LogP contribution in [0.25, 0.3) is 200 Å². The molecular weight excluding hydrogens is 1360 g/mol. The Morgan fingerprint density at radius 3 is 0.929 bits per heavy atom. The van der Waals surface area contributed by atoms with Crippen LogP contribution >= 0.6 is 0 Å². The molecule has 0 aliphatic carbocycles. The second-order valence-electron chi connectivity index (χ2n) is 27.6. The first-order valence-electron chi connectivity index (χ1n) is 43.0. The van der Waals surface area contributed by atoms with Gasteiger partial charge in [-0.2, -0.15) is 0 Å². The number of nitrogens with zero attached hydrogens (tertiary/aromatic N) is 8. The molecule has 0 radical (unpaired) electrons. The van der Waals surface area contributed by atoms with Crippen LogP contribution < -0.4 is 0 Å². The van der Waals surface area contributed by atoms with Gasteiger partial charge in [-0.15, -0.1) is 0 Å². The highest BCUT2D eigenvalue weighted by atomic mass is 15.0. The SMILES string of the molecule is [2H]c1c([2H])c([2H])c(-c2cc(-c3ccc(-n4c5ccccc5c5cc(-c6ccc7c(c6)c6ccccc6n7-c6ccccc6)ccc54)cc3)nc(-c3ccccc3)n2)c([2H])c1[2H].[2H]c1c([2H])c([2H])c2c(c1[2H])c1c([2H])c(-c3ccc4c(c3)c3ccccc3n4-c3ccccc3)c([2H])c([2H])c1n2-c1ccc(-c2cc(-c3ccccc3)nc(-c3ccccc3)n2)cc1. The predicted molar refractivity (Wildman–Crippen MR) is 465 cm³/mol. The van der Waals surface area contributed by atoms with E-state index >= 15 is 0 Å². The fourth-order valence-electron chi connectivity index (χ4n) is 15.8. The third-order valence-corrected chi connectivity index (χ3v) is 21.0. The van der Waals surface area contributed by atoms with E-state index in [1.54, 1.807) is 10.6 Å². The summed E-state index contributed by atoms with van der Waals surface area (Å²) in [5, 5.41) is 6.93. The molecule has 0 spiro atoms. The molecule has 0 N–H and O–H groups in total. The Morgan fingerprint density at radius 1 is 0.179 bits per heavy atom. The first kappa shape index (κ1) is 53.6. The van der Waals surface area contributed by atoms with Gasteiger partial charge in [0.05, 0.1) is 83.4 Å². The quantitative estimate of drug-likeness (QED) is 0.122. The first-order chi connectivity index (χ1) is 60.5. The molecule has 22 rings (SSSR count). The average molecular weight is 1440 g/mol. The zero-order valence-corrected chi connectivity index (χ0v) is 59.9. The third kappa shape index (κ3) is 11.6. The monoisotopic (exact) mass is 1440 g/mol. The Morgan fingerprint density at radius 2 is 0.491 bits per heavy atom. The van der Waals surface area contributed by atoms with Crippen LogP contribution in [0.2, 0.25) is 0 Å². The van der Waals surface area contributed by atoms with E-state index in [1.165, 1.54) is 21.8 Å². The molecule has 6 heterocycles. The zero-order valence-electron chi connectivity index (χ0n) is 71.9. The number of para-hydroxylation sites is 6. The summed E-state index contributed by atoms with van der Waals surface area (Å²) in [5.41, 5.74) is 19.8. The van der Waals surface area contributed by atoms with Crippen molar-refractivity contribution in [2.45, 2.75) is 0 Å². The molecule has 0 fully saturated rings. The zero-order chi connectivity index (χ0) is 84.4. The summed E-state index contributed by atoms with van der Waals surface area (Å²) >= 11 is 0. The van der Waals surface area contributed by atoms with Crippen LogP contribution in [0.3, 0.4) is 0 Å². The maximum absolute atomic E-state index is 9.81. The second kappa shape index (κ2) is 27.6. The minimum atomic E-state index is -0.446. The molecule has 0 saturated carbocycles. The van der Waals surface area contributed by atoms with Gasteiger partial charge in [0, 0.05) is 99.2 Å². The van der Waals surface area contributed by atoms with Crippen molar-refractivity contribution in [1.29, 1.82) is 0 Å². The largest absolute Gasteiger partial charge is 0.309 e. The lowest BCUT2D eigenvalue weighted by Crippen LogP contribution is -1.97. The van der Waals surface area contributed by atoms with Gasteiger partial charge < -0.3 is 18.3 Å². The summed E-state index contributed by atoms with van der Waals surface area (Å²) in [6.45, 7) is 0. The number of hydrogen-bond donors (Lipinski definition) is 0. The van der Waals surface area contributed by atoms with Crippen molar-refractivity contribution in [2.75, 3.05) is 0 Å². The highest BCUT2D eigenvalue weighted by Gasteiger charge is 2.21. The van der Waals surface area contributed by atoms with Crippen molar-refractivity contribution in [2.24, 2.45) is 0 Å². The van der Waals surface area contributed by atoms with Crippen LogP contribution in [-0.4, -0.2) is 38.2 Å².